The van der Waals surface area contributed by atoms with Crippen molar-refractivity contribution >= 4 is 16.0 Å². The summed E-state index contributed by atoms with van der Waals surface area (Å²) >= 11 is 0. The molecule has 0 radical (unpaired) electrons. The van der Waals surface area contributed by atoms with Crippen molar-refractivity contribution in [3.05, 3.63) is 58.7 Å². The van der Waals surface area contributed by atoms with Gasteiger partial charge in [-0.15, -0.1) is 0 Å². The van der Waals surface area contributed by atoms with Crippen molar-refractivity contribution in [3.8, 4) is 0 Å². The van der Waals surface area contributed by atoms with Gasteiger partial charge in [-0.2, -0.15) is 4.31 Å². The second kappa shape index (κ2) is 9.33. The lowest BCUT2D eigenvalue weighted by Gasteiger charge is -2.42. The SMILES string of the molecule is CC1=C(/C=C/C(C)=C/C=C/C(C)=C/C(=O)O)[C@](C)(N(C)S(C)(=O)=O)CCC1. The average molecular weight is 394 g/mol. The Morgan fingerprint density at radius 1 is 1.22 bits per heavy atom. The second-order valence-electron chi connectivity index (χ2n) is 7.38. The molecule has 1 aliphatic rings. The number of carboxylic acids is 1. The lowest BCUT2D eigenvalue weighted by molar-refractivity contribution is -0.131. The van der Waals surface area contributed by atoms with E-state index in [1.165, 1.54) is 16.1 Å². The molecule has 0 amide bonds. The van der Waals surface area contributed by atoms with Gasteiger partial charge in [-0.25, -0.2) is 13.2 Å². The van der Waals surface area contributed by atoms with Crippen LogP contribution in [0.25, 0.3) is 0 Å². The molecular weight excluding hydrogens is 362 g/mol. The van der Waals surface area contributed by atoms with E-state index in [0.29, 0.717) is 5.57 Å². The molecule has 0 aromatic heterocycles. The topological polar surface area (TPSA) is 74.7 Å². The molecule has 1 N–H and O–H groups in total. The van der Waals surface area contributed by atoms with Gasteiger partial charge in [0.15, 0.2) is 0 Å². The lowest BCUT2D eigenvalue weighted by Crippen LogP contribution is -2.49. The minimum absolute atomic E-state index is 0.552. The number of likely N-dealkylation sites (N-methyl/N-ethyl adjacent to an activating group) is 1. The van der Waals surface area contributed by atoms with Crippen LogP contribution in [0.15, 0.2) is 58.7 Å². The number of allylic oxidation sites excluding steroid dienone is 7. The number of rotatable bonds is 7. The lowest BCUT2D eigenvalue weighted by atomic mass is 9.77. The fraction of sp³-hybridized carbons (Fsp3) is 0.476. The third kappa shape index (κ3) is 6.63. The number of sulfonamides is 1. The summed E-state index contributed by atoms with van der Waals surface area (Å²) in [6.45, 7) is 7.72. The fourth-order valence-corrected chi connectivity index (χ4v) is 4.23. The van der Waals surface area contributed by atoms with Crippen LogP contribution < -0.4 is 0 Å². The van der Waals surface area contributed by atoms with Gasteiger partial charge in [0.2, 0.25) is 10.0 Å². The van der Waals surface area contributed by atoms with E-state index in [4.69, 9.17) is 5.11 Å². The summed E-state index contributed by atoms with van der Waals surface area (Å²) < 4.78 is 25.7. The largest absolute Gasteiger partial charge is 0.478 e. The Morgan fingerprint density at radius 3 is 2.41 bits per heavy atom. The smallest absolute Gasteiger partial charge is 0.328 e. The molecule has 6 heteroatoms. The maximum atomic E-state index is 12.1. The summed E-state index contributed by atoms with van der Waals surface area (Å²) in [5.74, 6) is -0.966. The van der Waals surface area contributed by atoms with Gasteiger partial charge in [-0.05, 0) is 58.1 Å². The molecule has 0 fully saturated rings. The van der Waals surface area contributed by atoms with Gasteiger partial charge in [0, 0.05) is 13.1 Å². The van der Waals surface area contributed by atoms with Crippen molar-refractivity contribution in [1.82, 2.24) is 4.31 Å². The molecule has 150 valence electrons. The molecule has 0 aromatic carbocycles. The number of aliphatic carboxylic acids is 1. The van der Waals surface area contributed by atoms with Crippen LogP contribution in [-0.4, -0.2) is 42.6 Å². The van der Waals surface area contributed by atoms with Gasteiger partial charge in [0.05, 0.1) is 11.8 Å². The summed E-state index contributed by atoms with van der Waals surface area (Å²) in [5, 5.41) is 8.71. The quantitative estimate of drug-likeness (QED) is 0.519. The van der Waals surface area contributed by atoms with Crippen LogP contribution in [0.5, 0.6) is 0 Å². The Hall–Kier alpha value is -1.92. The van der Waals surface area contributed by atoms with Crippen molar-refractivity contribution in [2.45, 2.75) is 52.5 Å². The molecule has 0 saturated heterocycles. The first-order valence-electron chi connectivity index (χ1n) is 8.96. The van der Waals surface area contributed by atoms with Crippen molar-refractivity contribution in [2.24, 2.45) is 0 Å². The highest BCUT2D eigenvalue weighted by Gasteiger charge is 2.39. The highest BCUT2D eigenvalue weighted by molar-refractivity contribution is 7.88. The van der Waals surface area contributed by atoms with Gasteiger partial charge in [-0.1, -0.05) is 41.5 Å². The Kier molecular flexibility index (Phi) is 7.99. The molecule has 27 heavy (non-hydrogen) atoms. The van der Waals surface area contributed by atoms with E-state index >= 15 is 0 Å². The third-order valence-electron chi connectivity index (χ3n) is 5.03. The maximum Gasteiger partial charge on any atom is 0.328 e. The van der Waals surface area contributed by atoms with Crippen molar-refractivity contribution in [2.75, 3.05) is 13.3 Å². The maximum absolute atomic E-state index is 12.1. The molecule has 1 atom stereocenters. The predicted octanol–water partition coefficient (Wildman–Crippen LogP) is 4.23. The minimum atomic E-state index is -3.30. The third-order valence-corrected chi connectivity index (χ3v) is 6.43. The summed E-state index contributed by atoms with van der Waals surface area (Å²) in [6.07, 6.45) is 14.5. The average Bonchev–Trinajstić information content (AvgIpc) is 2.52. The Morgan fingerprint density at radius 2 is 1.85 bits per heavy atom. The zero-order valence-corrected chi connectivity index (χ0v) is 17.9. The molecule has 0 spiro atoms. The van der Waals surface area contributed by atoms with Crippen molar-refractivity contribution in [1.29, 1.82) is 0 Å². The highest BCUT2D eigenvalue weighted by atomic mass is 32.2. The van der Waals surface area contributed by atoms with Crippen LogP contribution in [0.1, 0.15) is 47.0 Å². The number of hydrogen-bond donors (Lipinski definition) is 1. The molecule has 5 nitrogen and oxygen atoms in total. The normalized spacial score (nSPS) is 23.1. The van der Waals surface area contributed by atoms with Crippen LogP contribution in [0.4, 0.5) is 0 Å². The number of nitrogens with zero attached hydrogens (tertiary/aromatic N) is 1. The minimum Gasteiger partial charge on any atom is -0.478 e. The van der Waals surface area contributed by atoms with E-state index in [2.05, 4.69) is 6.92 Å². The zero-order chi connectivity index (χ0) is 20.8. The van der Waals surface area contributed by atoms with E-state index in [9.17, 15) is 13.2 Å². The Labute approximate surface area is 163 Å². The van der Waals surface area contributed by atoms with Crippen LogP contribution in [0.2, 0.25) is 0 Å². The van der Waals surface area contributed by atoms with E-state index in [-0.39, 0.29) is 0 Å². The summed E-state index contributed by atoms with van der Waals surface area (Å²) in [6, 6.07) is 0. The monoisotopic (exact) mass is 393 g/mol. The summed E-state index contributed by atoms with van der Waals surface area (Å²) in [5.41, 5.74) is 3.34. The second-order valence-corrected chi connectivity index (χ2v) is 9.40. The number of hydrogen-bond acceptors (Lipinski definition) is 3. The van der Waals surface area contributed by atoms with Gasteiger partial charge in [-0.3, -0.25) is 0 Å². The first-order valence-corrected chi connectivity index (χ1v) is 10.8. The Bertz CT molecular complexity index is 828. The fourth-order valence-electron chi connectivity index (χ4n) is 3.31. The molecule has 0 unspecified atom stereocenters. The first kappa shape index (κ1) is 23.1. The van der Waals surface area contributed by atoms with Crippen LogP contribution in [-0.2, 0) is 14.8 Å². The van der Waals surface area contributed by atoms with Crippen LogP contribution in [0.3, 0.4) is 0 Å². The standard InChI is InChI=1S/C21H31NO4S/c1-16(9-7-10-17(2)15-20(23)24)12-13-19-18(3)11-8-14-21(19,4)22(5)27(6,25)26/h7,9-10,12-13,15H,8,11,14H2,1-6H3,(H,23,24)/b10-7+,13-12+,16-9+,17-15+/t21-/m1/s1. The molecule has 0 aromatic rings. The van der Waals surface area contributed by atoms with Crippen molar-refractivity contribution < 1.29 is 18.3 Å². The molecule has 0 aliphatic heterocycles. The number of carboxylic acid groups (broad SMARTS) is 1. The molecule has 0 bridgehead atoms. The molecule has 0 saturated carbocycles. The Balaban J connectivity index is 3.10. The van der Waals surface area contributed by atoms with E-state index in [1.807, 2.05) is 32.1 Å². The molecule has 0 heterocycles. The van der Waals surface area contributed by atoms with E-state index in [0.717, 1.165) is 36.5 Å². The van der Waals surface area contributed by atoms with Gasteiger partial charge >= 0.3 is 5.97 Å². The predicted molar refractivity (Wildman–Crippen MR) is 111 cm³/mol. The van der Waals surface area contributed by atoms with Crippen LogP contribution >= 0.6 is 0 Å². The first-order chi connectivity index (χ1) is 12.4. The van der Waals surface area contributed by atoms with Gasteiger partial charge in [0.1, 0.15) is 0 Å². The summed E-state index contributed by atoms with van der Waals surface area (Å²) in [4.78, 5) is 10.6. The van der Waals surface area contributed by atoms with E-state index < -0.39 is 21.5 Å². The number of carbonyl (C=O) groups is 1. The van der Waals surface area contributed by atoms with Crippen LogP contribution in [0, 0.1) is 0 Å². The van der Waals surface area contributed by atoms with E-state index in [1.54, 1.807) is 26.1 Å². The van der Waals surface area contributed by atoms with Gasteiger partial charge in [0.25, 0.3) is 0 Å². The van der Waals surface area contributed by atoms with Gasteiger partial charge < -0.3 is 5.11 Å². The summed E-state index contributed by atoms with van der Waals surface area (Å²) in [7, 11) is -1.66. The van der Waals surface area contributed by atoms with Crippen molar-refractivity contribution in [3.63, 3.8) is 0 Å². The highest BCUT2D eigenvalue weighted by Crippen LogP contribution is 2.39. The molecular formula is C21H31NO4S. The molecule has 1 rings (SSSR count). The molecule has 1 aliphatic carbocycles. The zero-order valence-electron chi connectivity index (χ0n) is 17.1.